The summed E-state index contributed by atoms with van der Waals surface area (Å²) in [6.45, 7) is 0. The standard InChI is InChI=1S/C26H18ClN5O5S/c1-35-17-7-3-5-15(12-17)25(34)37-21-19(27)10-14(11-20(21)36-2)9-18-22(28)32-26(30-23(18)33)38-24(31-32)16-6-4-8-29-13-16/h3-13,28H,1-2H3. The van der Waals surface area contributed by atoms with Gasteiger partial charge in [0.25, 0.3) is 5.91 Å². The van der Waals surface area contributed by atoms with E-state index in [1.165, 1.54) is 55.3 Å². The van der Waals surface area contributed by atoms with Crippen LogP contribution in [-0.4, -0.2) is 52.1 Å². The Kier molecular flexibility index (Phi) is 6.95. The molecule has 10 nitrogen and oxygen atoms in total. The number of amides is 1. The van der Waals surface area contributed by atoms with E-state index in [-0.39, 0.29) is 38.7 Å². The van der Waals surface area contributed by atoms with Crippen LogP contribution in [0.3, 0.4) is 0 Å². The summed E-state index contributed by atoms with van der Waals surface area (Å²) in [4.78, 5) is 33.7. The molecule has 3 aromatic rings. The Labute approximate surface area is 226 Å². The molecule has 38 heavy (non-hydrogen) atoms. The third kappa shape index (κ3) is 4.89. The van der Waals surface area contributed by atoms with Gasteiger partial charge in [0.2, 0.25) is 5.17 Å². The molecule has 0 fully saturated rings. The molecule has 2 aliphatic rings. The second-order valence-electron chi connectivity index (χ2n) is 7.82. The van der Waals surface area contributed by atoms with E-state index >= 15 is 0 Å². The van der Waals surface area contributed by atoms with Gasteiger partial charge in [0, 0.05) is 18.0 Å². The van der Waals surface area contributed by atoms with E-state index in [4.69, 9.17) is 31.2 Å². The van der Waals surface area contributed by atoms with Gasteiger partial charge in [0.15, 0.2) is 17.3 Å². The number of carbonyl (C=O) groups excluding carboxylic acids is 2. The number of pyridine rings is 1. The molecule has 2 aromatic carbocycles. The predicted molar refractivity (Wildman–Crippen MR) is 144 cm³/mol. The van der Waals surface area contributed by atoms with E-state index in [9.17, 15) is 9.59 Å². The minimum absolute atomic E-state index is 0.00443. The number of carbonyl (C=O) groups is 2. The van der Waals surface area contributed by atoms with Crippen LogP contribution in [0.1, 0.15) is 21.5 Å². The highest BCUT2D eigenvalue weighted by atomic mass is 35.5. The van der Waals surface area contributed by atoms with Crippen LogP contribution in [0.5, 0.6) is 17.2 Å². The van der Waals surface area contributed by atoms with Crippen molar-refractivity contribution in [1.82, 2.24) is 9.99 Å². The summed E-state index contributed by atoms with van der Waals surface area (Å²) in [7, 11) is 2.89. The number of aromatic nitrogens is 1. The van der Waals surface area contributed by atoms with E-state index in [0.29, 0.717) is 16.4 Å². The van der Waals surface area contributed by atoms with Gasteiger partial charge in [-0.25, -0.2) is 4.79 Å². The zero-order chi connectivity index (χ0) is 26.8. The van der Waals surface area contributed by atoms with Gasteiger partial charge >= 0.3 is 5.97 Å². The Bertz CT molecular complexity index is 1570. The van der Waals surface area contributed by atoms with Crippen LogP contribution >= 0.6 is 23.4 Å². The van der Waals surface area contributed by atoms with Crippen molar-refractivity contribution in [3.05, 3.63) is 88.2 Å². The van der Waals surface area contributed by atoms with Gasteiger partial charge < -0.3 is 14.2 Å². The maximum atomic E-state index is 12.8. The molecule has 12 heteroatoms. The van der Waals surface area contributed by atoms with Crippen molar-refractivity contribution in [2.45, 2.75) is 0 Å². The third-order valence-corrected chi connectivity index (χ3v) is 6.66. The fraction of sp³-hybridized carbons (Fsp3) is 0.0769. The molecule has 0 atom stereocenters. The first-order chi connectivity index (χ1) is 18.4. The van der Waals surface area contributed by atoms with Crippen molar-refractivity contribution in [3.63, 3.8) is 0 Å². The van der Waals surface area contributed by atoms with E-state index < -0.39 is 11.9 Å². The van der Waals surface area contributed by atoms with Crippen LogP contribution < -0.4 is 14.2 Å². The summed E-state index contributed by atoms with van der Waals surface area (Å²) in [5, 5.41) is 15.3. The lowest BCUT2D eigenvalue weighted by atomic mass is 10.1. The first-order valence-corrected chi connectivity index (χ1v) is 12.2. The Morgan fingerprint density at radius 3 is 2.71 bits per heavy atom. The number of halogens is 1. The molecule has 0 saturated carbocycles. The highest BCUT2D eigenvalue weighted by Gasteiger charge is 2.36. The lowest BCUT2D eigenvalue weighted by Gasteiger charge is -2.20. The van der Waals surface area contributed by atoms with Crippen molar-refractivity contribution in [2.75, 3.05) is 14.2 Å². The molecular formula is C26H18ClN5O5S. The van der Waals surface area contributed by atoms with E-state index in [2.05, 4.69) is 15.1 Å². The molecule has 3 heterocycles. The van der Waals surface area contributed by atoms with Gasteiger partial charge in [-0.3, -0.25) is 15.2 Å². The third-order valence-electron chi connectivity index (χ3n) is 5.43. The van der Waals surface area contributed by atoms with Gasteiger partial charge in [-0.2, -0.15) is 15.1 Å². The van der Waals surface area contributed by atoms with Crippen molar-refractivity contribution < 1.29 is 23.8 Å². The van der Waals surface area contributed by atoms with Gasteiger partial charge in [-0.05, 0) is 65.9 Å². The molecule has 0 bridgehead atoms. The summed E-state index contributed by atoms with van der Waals surface area (Å²) in [5.41, 5.74) is 1.45. The Balaban J connectivity index is 1.43. The van der Waals surface area contributed by atoms with Crippen LogP contribution in [0.25, 0.3) is 6.08 Å². The molecule has 1 N–H and O–H groups in total. The molecule has 1 aromatic heterocycles. The van der Waals surface area contributed by atoms with Gasteiger partial charge in [0.1, 0.15) is 10.8 Å². The topological polar surface area (TPSA) is 127 Å². The molecule has 1 amide bonds. The molecule has 0 unspecified atom stereocenters. The van der Waals surface area contributed by atoms with Crippen LogP contribution in [0.15, 0.2) is 76.6 Å². The summed E-state index contributed by atoms with van der Waals surface area (Å²) in [6, 6.07) is 13.1. The van der Waals surface area contributed by atoms with Crippen LogP contribution in [0, 0.1) is 5.41 Å². The zero-order valence-electron chi connectivity index (χ0n) is 20.0. The number of nitrogens with zero attached hydrogens (tertiary/aromatic N) is 4. The van der Waals surface area contributed by atoms with E-state index in [1.54, 1.807) is 36.7 Å². The molecule has 2 aliphatic heterocycles. The second kappa shape index (κ2) is 10.5. The maximum absolute atomic E-state index is 12.8. The van der Waals surface area contributed by atoms with Gasteiger partial charge in [0.05, 0.1) is 30.4 Å². The monoisotopic (exact) mass is 547 g/mol. The maximum Gasteiger partial charge on any atom is 0.343 e. The lowest BCUT2D eigenvalue weighted by molar-refractivity contribution is -0.114. The molecule has 0 radical (unpaired) electrons. The van der Waals surface area contributed by atoms with Gasteiger partial charge in [-0.1, -0.05) is 17.7 Å². The fourth-order valence-corrected chi connectivity index (χ4v) is 4.73. The van der Waals surface area contributed by atoms with Crippen molar-refractivity contribution in [3.8, 4) is 17.2 Å². The first kappa shape index (κ1) is 25.2. The SMILES string of the molecule is COc1cccc(C(=O)Oc2c(Cl)cc(C=C3C(=N)N4N=C(c5cccnc5)SC4=NC3=O)cc2OC)c1. The van der Waals surface area contributed by atoms with E-state index in [0.717, 1.165) is 5.56 Å². The number of hydrazone groups is 1. The molecule has 0 aliphatic carbocycles. The normalized spacial score (nSPS) is 15.7. The number of amidine groups is 2. The van der Waals surface area contributed by atoms with Gasteiger partial charge in [-0.15, -0.1) is 0 Å². The summed E-state index contributed by atoms with van der Waals surface area (Å²) in [6.07, 6.45) is 4.74. The summed E-state index contributed by atoms with van der Waals surface area (Å²) >= 11 is 7.63. The zero-order valence-corrected chi connectivity index (χ0v) is 21.5. The number of thioether (sulfide) groups is 1. The number of nitrogens with one attached hydrogen (secondary N) is 1. The first-order valence-electron chi connectivity index (χ1n) is 11.0. The Morgan fingerprint density at radius 2 is 1.97 bits per heavy atom. The number of esters is 1. The number of aliphatic imine (C=N–C) groups is 1. The smallest absolute Gasteiger partial charge is 0.343 e. The number of rotatable bonds is 6. The number of ether oxygens (including phenoxy) is 3. The quantitative estimate of drug-likeness (QED) is 0.269. The highest BCUT2D eigenvalue weighted by Crippen LogP contribution is 2.38. The largest absolute Gasteiger partial charge is 0.497 e. The Morgan fingerprint density at radius 1 is 1.13 bits per heavy atom. The fourth-order valence-electron chi connectivity index (χ4n) is 3.59. The average molecular weight is 548 g/mol. The Hall–Kier alpha value is -4.48. The number of hydrogen-bond donors (Lipinski definition) is 1. The van der Waals surface area contributed by atoms with Crippen LogP contribution in [0.2, 0.25) is 5.02 Å². The number of benzene rings is 2. The minimum Gasteiger partial charge on any atom is -0.497 e. The number of hydrogen-bond acceptors (Lipinski definition) is 9. The van der Waals surface area contributed by atoms with Crippen LogP contribution in [0.4, 0.5) is 0 Å². The molecule has 0 saturated heterocycles. The molecule has 0 spiro atoms. The average Bonchev–Trinajstić information content (AvgIpc) is 3.37. The van der Waals surface area contributed by atoms with Crippen molar-refractivity contribution in [2.24, 2.45) is 10.1 Å². The molecule has 190 valence electrons. The lowest BCUT2D eigenvalue weighted by Crippen LogP contribution is -2.35. The molecule has 5 rings (SSSR count). The predicted octanol–water partition coefficient (Wildman–Crippen LogP) is 4.64. The highest BCUT2D eigenvalue weighted by molar-refractivity contribution is 8.27. The van der Waals surface area contributed by atoms with Crippen LogP contribution in [-0.2, 0) is 4.79 Å². The van der Waals surface area contributed by atoms with Crippen molar-refractivity contribution >= 4 is 57.4 Å². The summed E-state index contributed by atoms with van der Waals surface area (Å²) < 4.78 is 16.1. The summed E-state index contributed by atoms with van der Waals surface area (Å²) in [5.74, 6) is -0.729. The van der Waals surface area contributed by atoms with Crippen molar-refractivity contribution in [1.29, 1.82) is 5.41 Å². The van der Waals surface area contributed by atoms with E-state index in [1.807, 2.05) is 6.07 Å². The number of methoxy groups -OCH3 is 2. The number of fused-ring (bicyclic) bond motifs is 1. The minimum atomic E-state index is -0.657. The second-order valence-corrected chi connectivity index (χ2v) is 9.19. The molecular weight excluding hydrogens is 530 g/mol.